The number of Topliss-reactive ketones (excluding diaryl/α,β-unsaturated/α-hetero) is 1. The molecule has 0 unspecified atom stereocenters. The Bertz CT molecular complexity index is 807. The molecule has 3 rings (SSSR count). The number of carbonyl (C=O) groups excluding carboxylic acids is 1. The topological polar surface area (TPSA) is 57.1 Å². The molecular weight excluding hydrogens is 244 g/mol. The lowest BCUT2D eigenvalue weighted by Gasteiger charge is -1.99. The van der Waals surface area contributed by atoms with Gasteiger partial charge in [-0.1, -0.05) is 12.1 Å². The van der Waals surface area contributed by atoms with Gasteiger partial charge in [-0.15, -0.1) is 0 Å². The van der Waals surface area contributed by atoms with Crippen LogP contribution in [0.4, 0.5) is 0 Å². The standard InChI is InChI=1S/C14H12N2O3/c1-15-7-6-10(8-15)12(17)9-16-11-4-2-3-5-13(11)19-14(16)18/h2-8H,9H2,1H3. The van der Waals surface area contributed by atoms with E-state index >= 15 is 0 Å². The summed E-state index contributed by atoms with van der Waals surface area (Å²) >= 11 is 0. The van der Waals surface area contributed by atoms with Crippen LogP contribution in [0.15, 0.2) is 51.9 Å². The SMILES string of the molecule is Cn1ccc(C(=O)Cn2c(=O)oc3ccccc32)c1. The Labute approximate surface area is 108 Å². The number of carbonyl (C=O) groups is 1. The zero-order valence-electron chi connectivity index (χ0n) is 10.4. The molecule has 2 heterocycles. The summed E-state index contributed by atoms with van der Waals surface area (Å²) in [5.74, 6) is -0.625. The van der Waals surface area contributed by atoms with E-state index < -0.39 is 5.76 Å². The molecule has 1 aromatic carbocycles. The monoisotopic (exact) mass is 256 g/mol. The molecule has 0 saturated heterocycles. The van der Waals surface area contributed by atoms with E-state index in [4.69, 9.17) is 4.42 Å². The number of rotatable bonds is 3. The normalized spacial score (nSPS) is 11.0. The van der Waals surface area contributed by atoms with Crippen molar-refractivity contribution in [1.29, 1.82) is 0 Å². The zero-order chi connectivity index (χ0) is 13.4. The molecule has 0 saturated carbocycles. The third-order valence-corrected chi connectivity index (χ3v) is 3.03. The number of oxazole rings is 1. The predicted octanol–water partition coefficient (Wildman–Crippen LogP) is 1.82. The fourth-order valence-corrected chi connectivity index (χ4v) is 2.07. The van der Waals surface area contributed by atoms with Gasteiger partial charge in [-0.2, -0.15) is 0 Å². The maximum atomic E-state index is 12.1. The Morgan fingerprint density at radius 2 is 2.05 bits per heavy atom. The molecule has 0 atom stereocenters. The van der Waals surface area contributed by atoms with Crippen molar-refractivity contribution >= 4 is 16.9 Å². The summed E-state index contributed by atoms with van der Waals surface area (Å²) in [7, 11) is 1.84. The lowest BCUT2D eigenvalue weighted by atomic mass is 10.2. The number of hydrogen-bond acceptors (Lipinski definition) is 3. The highest BCUT2D eigenvalue weighted by atomic mass is 16.4. The van der Waals surface area contributed by atoms with E-state index in [1.54, 1.807) is 47.3 Å². The summed E-state index contributed by atoms with van der Waals surface area (Å²) in [4.78, 5) is 23.9. The smallest absolute Gasteiger partial charge is 0.408 e. The molecule has 3 aromatic rings. The summed E-state index contributed by atoms with van der Waals surface area (Å²) in [6, 6.07) is 8.80. The number of aromatic nitrogens is 2. The van der Waals surface area contributed by atoms with Crippen molar-refractivity contribution in [1.82, 2.24) is 9.13 Å². The minimum atomic E-state index is -0.509. The number of hydrogen-bond donors (Lipinski definition) is 0. The van der Waals surface area contributed by atoms with Crippen LogP contribution in [-0.4, -0.2) is 14.9 Å². The van der Waals surface area contributed by atoms with Gasteiger partial charge in [-0.05, 0) is 18.2 Å². The summed E-state index contributed by atoms with van der Waals surface area (Å²) in [5.41, 5.74) is 1.71. The van der Waals surface area contributed by atoms with Crippen LogP contribution >= 0.6 is 0 Å². The molecule has 0 radical (unpaired) electrons. The predicted molar refractivity (Wildman–Crippen MR) is 70.2 cm³/mol. The van der Waals surface area contributed by atoms with Crippen LogP contribution in [0.1, 0.15) is 10.4 Å². The summed E-state index contributed by atoms with van der Waals surface area (Å²) in [6.45, 7) is -0.0140. The number of fused-ring (bicyclic) bond motifs is 1. The van der Waals surface area contributed by atoms with Crippen molar-refractivity contribution in [3.05, 3.63) is 58.8 Å². The van der Waals surface area contributed by atoms with E-state index in [1.807, 2.05) is 7.05 Å². The van der Waals surface area contributed by atoms with E-state index in [2.05, 4.69) is 0 Å². The Morgan fingerprint density at radius 1 is 1.26 bits per heavy atom. The first-order valence-corrected chi connectivity index (χ1v) is 5.89. The molecule has 0 aliphatic carbocycles. The van der Waals surface area contributed by atoms with Gasteiger partial charge in [-0.25, -0.2) is 4.79 Å². The van der Waals surface area contributed by atoms with Gasteiger partial charge in [0.1, 0.15) is 0 Å². The van der Waals surface area contributed by atoms with Gasteiger partial charge in [0.15, 0.2) is 11.4 Å². The maximum Gasteiger partial charge on any atom is 0.420 e. The van der Waals surface area contributed by atoms with E-state index in [9.17, 15) is 9.59 Å². The molecule has 0 amide bonds. The average Bonchev–Trinajstić information content (AvgIpc) is 2.95. The second-order valence-corrected chi connectivity index (χ2v) is 4.41. The Hall–Kier alpha value is -2.56. The van der Waals surface area contributed by atoms with Crippen LogP contribution < -0.4 is 5.76 Å². The van der Waals surface area contributed by atoms with Gasteiger partial charge in [0.25, 0.3) is 0 Å². The zero-order valence-corrected chi connectivity index (χ0v) is 10.4. The Kier molecular flexibility index (Phi) is 2.59. The van der Waals surface area contributed by atoms with E-state index in [0.29, 0.717) is 16.7 Å². The van der Waals surface area contributed by atoms with Crippen LogP contribution in [0, 0.1) is 0 Å². The first kappa shape index (κ1) is 11.5. The van der Waals surface area contributed by atoms with Gasteiger partial charge < -0.3 is 8.98 Å². The molecule has 0 spiro atoms. The van der Waals surface area contributed by atoms with Crippen LogP contribution in [0.2, 0.25) is 0 Å². The first-order valence-electron chi connectivity index (χ1n) is 5.89. The summed E-state index contributed by atoms with van der Waals surface area (Å²) in [5, 5.41) is 0. The van der Waals surface area contributed by atoms with Crippen molar-refractivity contribution in [2.24, 2.45) is 7.05 Å². The molecule has 96 valence electrons. The van der Waals surface area contributed by atoms with Crippen molar-refractivity contribution in [3.63, 3.8) is 0 Å². The van der Waals surface area contributed by atoms with Gasteiger partial charge in [0.05, 0.1) is 12.1 Å². The quantitative estimate of drug-likeness (QED) is 0.671. The highest BCUT2D eigenvalue weighted by Crippen LogP contribution is 2.12. The fourth-order valence-electron chi connectivity index (χ4n) is 2.07. The van der Waals surface area contributed by atoms with Crippen LogP contribution in [0.5, 0.6) is 0 Å². The number of nitrogens with zero attached hydrogens (tertiary/aromatic N) is 2. The molecule has 2 aromatic heterocycles. The second-order valence-electron chi connectivity index (χ2n) is 4.41. The Morgan fingerprint density at radius 3 is 2.79 bits per heavy atom. The molecule has 0 N–H and O–H groups in total. The largest absolute Gasteiger partial charge is 0.420 e. The van der Waals surface area contributed by atoms with Crippen molar-refractivity contribution in [2.75, 3.05) is 0 Å². The number of aryl methyl sites for hydroxylation is 1. The lowest BCUT2D eigenvalue weighted by Crippen LogP contribution is -2.19. The number of ketones is 1. The Balaban J connectivity index is 2.00. The lowest BCUT2D eigenvalue weighted by molar-refractivity contribution is 0.0970. The van der Waals surface area contributed by atoms with E-state index in [-0.39, 0.29) is 12.3 Å². The van der Waals surface area contributed by atoms with Gasteiger partial charge in [-0.3, -0.25) is 9.36 Å². The highest BCUT2D eigenvalue weighted by molar-refractivity contribution is 5.96. The van der Waals surface area contributed by atoms with E-state index in [1.165, 1.54) is 4.57 Å². The molecule has 0 aliphatic rings. The molecule has 5 nitrogen and oxygen atoms in total. The third-order valence-electron chi connectivity index (χ3n) is 3.03. The van der Waals surface area contributed by atoms with Gasteiger partial charge in [0, 0.05) is 25.0 Å². The summed E-state index contributed by atoms with van der Waals surface area (Å²) < 4.78 is 8.24. The van der Waals surface area contributed by atoms with Crippen LogP contribution in [0.25, 0.3) is 11.1 Å². The highest BCUT2D eigenvalue weighted by Gasteiger charge is 2.14. The van der Waals surface area contributed by atoms with Crippen molar-refractivity contribution < 1.29 is 9.21 Å². The average molecular weight is 256 g/mol. The number of benzene rings is 1. The fraction of sp³-hybridized carbons (Fsp3) is 0.143. The maximum absolute atomic E-state index is 12.1. The molecule has 0 aliphatic heterocycles. The van der Waals surface area contributed by atoms with Gasteiger partial charge in [0.2, 0.25) is 0 Å². The van der Waals surface area contributed by atoms with Gasteiger partial charge >= 0.3 is 5.76 Å². The second kappa shape index (κ2) is 4.28. The minimum absolute atomic E-state index is 0.0140. The molecule has 19 heavy (non-hydrogen) atoms. The van der Waals surface area contributed by atoms with Crippen molar-refractivity contribution in [3.8, 4) is 0 Å². The third kappa shape index (κ3) is 1.99. The summed E-state index contributed by atoms with van der Waals surface area (Å²) in [6.07, 6.45) is 3.53. The first-order chi connectivity index (χ1) is 9.15. The van der Waals surface area contributed by atoms with E-state index in [0.717, 1.165) is 0 Å². The van der Waals surface area contributed by atoms with Crippen LogP contribution in [-0.2, 0) is 13.6 Å². The molecular formula is C14H12N2O3. The van der Waals surface area contributed by atoms with Crippen LogP contribution in [0.3, 0.4) is 0 Å². The molecule has 0 fully saturated rings. The molecule has 0 bridgehead atoms. The number of para-hydroxylation sites is 2. The molecule has 5 heteroatoms. The minimum Gasteiger partial charge on any atom is -0.408 e. The van der Waals surface area contributed by atoms with Crippen molar-refractivity contribution in [2.45, 2.75) is 6.54 Å².